The first-order valence-electron chi connectivity index (χ1n) is 11.9. The second-order valence-electron chi connectivity index (χ2n) is 8.44. The van der Waals surface area contributed by atoms with Crippen molar-refractivity contribution in [2.45, 2.75) is 46.1 Å². The SMILES string of the molecule is CC/C(C)=C(/C=C(\C=C(/C)C(=O)NC)C(=O)NCCC1CNCCO1)Cc1cccc(OC)c1. The number of hydrogen-bond acceptors (Lipinski definition) is 5. The highest BCUT2D eigenvalue weighted by Gasteiger charge is 2.16. The Morgan fingerprint density at radius 3 is 2.68 bits per heavy atom. The second-order valence-corrected chi connectivity index (χ2v) is 8.44. The Morgan fingerprint density at radius 2 is 2.03 bits per heavy atom. The number of allylic oxidation sites excluding steroid dienone is 3. The maximum atomic E-state index is 13.2. The predicted octanol–water partition coefficient (Wildman–Crippen LogP) is 3.08. The molecule has 1 atom stereocenters. The van der Waals surface area contributed by atoms with E-state index in [1.54, 1.807) is 27.2 Å². The number of ether oxygens (including phenoxy) is 2. The normalized spacial score (nSPS) is 17.6. The molecular weight excluding hydrogens is 430 g/mol. The minimum Gasteiger partial charge on any atom is -0.497 e. The van der Waals surface area contributed by atoms with Gasteiger partial charge in [0.1, 0.15) is 5.75 Å². The van der Waals surface area contributed by atoms with E-state index in [1.807, 2.05) is 30.3 Å². The molecule has 1 fully saturated rings. The monoisotopic (exact) mass is 469 g/mol. The lowest BCUT2D eigenvalue weighted by atomic mass is 9.96. The summed E-state index contributed by atoms with van der Waals surface area (Å²) in [4.78, 5) is 25.3. The van der Waals surface area contributed by atoms with Gasteiger partial charge >= 0.3 is 0 Å². The Morgan fingerprint density at radius 1 is 1.24 bits per heavy atom. The minimum atomic E-state index is -0.217. The van der Waals surface area contributed by atoms with Crippen LogP contribution in [0.2, 0.25) is 0 Å². The summed E-state index contributed by atoms with van der Waals surface area (Å²) in [6, 6.07) is 7.92. The number of rotatable bonds is 11. The highest BCUT2D eigenvalue weighted by molar-refractivity contribution is 6.00. The van der Waals surface area contributed by atoms with E-state index in [1.165, 1.54) is 5.57 Å². The van der Waals surface area contributed by atoms with Crippen LogP contribution in [0.25, 0.3) is 0 Å². The van der Waals surface area contributed by atoms with Crippen molar-refractivity contribution < 1.29 is 19.1 Å². The van der Waals surface area contributed by atoms with Gasteiger partial charge in [0.05, 0.1) is 19.8 Å². The van der Waals surface area contributed by atoms with Crippen LogP contribution >= 0.6 is 0 Å². The minimum absolute atomic E-state index is 0.0930. The number of likely N-dealkylation sites (N-methyl/N-ethyl adjacent to an activating group) is 1. The highest BCUT2D eigenvalue weighted by Crippen LogP contribution is 2.21. The molecule has 0 spiro atoms. The number of morpholine rings is 1. The number of amides is 2. The van der Waals surface area contributed by atoms with Crippen LogP contribution < -0.4 is 20.7 Å². The van der Waals surface area contributed by atoms with Crippen LogP contribution in [0, 0.1) is 0 Å². The summed E-state index contributed by atoms with van der Waals surface area (Å²) in [5.74, 6) is 0.368. The van der Waals surface area contributed by atoms with Crippen LogP contribution in [0.15, 0.2) is 58.7 Å². The molecule has 0 aliphatic carbocycles. The smallest absolute Gasteiger partial charge is 0.251 e. The molecule has 0 aromatic heterocycles. The molecule has 2 rings (SSSR count). The van der Waals surface area contributed by atoms with E-state index in [0.717, 1.165) is 42.8 Å². The molecule has 1 aromatic rings. The number of benzene rings is 1. The van der Waals surface area contributed by atoms with E-state index in [2.05, 4.69) is 29.8 Å². The molecule has 2 amide bonds. The molecule has 1 saturated heterocycles. The highest BCUT2D eigenvalue weighted by atomic mass is 16.5. The largest absolute Gasteiger partial charge is 0.497 e. The molecule has 1 aliphatic heterocycles. The van der Waals surface area contributed by atoms with Gasteiger partial charge in [-0.1, -0.05) is 24.6 Å². The Hall–Kier alpha value is -2.90. The Labute approximate surface area is 203 Å². The summed E-state index contributed by atoms with van der Waals surface area (Å²) in [7, 11) is 3.23. The summed E-state index contributed by atoms with van der Waals surface area (Å²) < 4.78 is 11.1. The molecule has 1 heterocycles. The zero-order valence-corrected chi connectivity index (χ0v) is 21.1. The summed E-state index contributed by atoms with van der Waals surface area (Å²) in [5, 5.41) is 8.92. The van der Waals surface area contributed by atoms with Gasteiger partial charge in [-0.15, -0.1) is 0 Å². The zero-order valence-electron chi connectivity index (χ0n) is 21.1. The molecule has 0 bridgehead atoms. The van der Waals surface area contributed by atoms with Crippen molar-refractivity contribution in [2.24, 2.45) is 0 Å². The molecule has 34 heavy (non-hydrogen) atoms. The molecule has 0 saturated carbocycles. The Balaban J connectivity index is 2.29. The van der Waals surface area contributed by atoms with Crippen LogP contribution in [0.5, 0.6) is 5.75 Å². The van der Waals surface area contributed by atoms with Gasteiger partial charge in [0.2, 0.25) is 5.91 Å². The van der Waals surface area contributed by atoms with E-state index in [4.69, 9.17) is 9.47 Å². The molecule has 3 N–H and O–H groups in total. The summed E-state index contributed by atoms with van der Waals surface area (Å²) in [6.45, 7) is 8.71. The summed E-state index contributed by atoms with van der Waals surface area (Å²) in [6.07, 6.45) is 5.89. The van der Waals surface area contributed by atoms with E-state index in [-0.39, 0.29) is 17.9 Å². The molecule has 1 unspecified atom stereocenters. The van der Waals surface area contributed by atoms with Crippen molar-refractivity contribution in [1.29, 1.82) is 0 Å². The lowest BCUT2D eigenvalue weighted by Crippen LogP contribution is -2.40. The molecular formula is C27H39N3O4. The first-order valence-corrected chi connectivity index (χ1v) is 11.9. The van der Waals surface area contributed by atoms with Gasteiger partial charge in [-0.05, 0) is 68.5 Å². The zero-order chi connectivity index (χ0) is 24.9. The van der Waals surface area contributed by atoms with E-state index in [0.29, 0.717) is 30.7 Å². The van der Waals surface area contributed by atoms with E-state index >= 15 is 0 Å². The fourth-order valence-corrected chi connectivity index (χ4v) is 3.66. The Bertz CT molecular complexity index is 928. The van der Waals surface area contributed by atoms with Crippen LogP contribution in [0.3, 0.4) is 0 Å². The summed E-state index contributed by atoms with van der Waals surface area (Å²) >= 11 is 0. The fourth-order valence-electron chi connectivity index (χ4n) is 3.66. The lowest BCUT2D eigenvalue weighted by molar-refractivity contribution is -0.117. The molecule has 7 nitrogen and oxygen atoms in total. The van der Waals surface area contributed by atoms with E-state index in [9.17, 15) is 9.59 Å². The topological polar surface area (TPSA) is 88.7 Å². The maximum Gasteiger partial charge on any atom is 0.251 e. The molecule has 1 aliphatic rings. The quantitative estimate of drug-likeness (QED) is 0.342. The van der Waals surface area contributed by atoms with Gasteiger partial charge in [-0.2, -0.15) is 0 Å². The average molecular weight is 470 g/mol. The number of hydrogen-bond donors (Lipinski definition) is 3. The lowest BCUT2D eigenvalue weighted by Gasteiger charge is -2.23. The molecule has 7 heteroatoms. The van der Waals surface area contributed by atoms with Gasteiger partial charge < -0.3 is 25.4 Å². The first kappa shape index (κ1) is 27.3. The van der Waals surface area contributed by atoms with Crippen molar-refractivity contribution in [3.63, 3.8) is 0 Å². The van der Waals surface area contributed by atoms with Crippen LogP contribution in [-0.4, -0.2) is 58.3 Å². The first-order chi connectivity index (χ1) is 16.4. The van der Waals surface area contributed by atoms with Gasteiger partial charge in [-0.3, -0.25) is 9.59 Å². The van der Waals surface area contributed by atoms with Crippen LogP contribution in [0.1, 0.15) is 39.2 Å². The maximum absolute atomic E-state index is 13.2. The fraction of sp³-hybridized carbons (Fsp3) is 0.481. The van der Waals surface area contributed by atoms with E-state index < -0.39 is 0 Å². The Kier molecular flexibility index (Phi) is 11.6. The predicted molar refractivity (Wildman–Crippen MR) is 136 cm³/mol. The second kappa shape index (κ2) is 14.4. The van der Waals surface area contributed by atoms with Gasteiger partial charge in [0, 0.05) is 37.8 Å². The van der Waals surface area contributed by atoms with Crippen LogP contribution in [-0.2, 0) is 20.7 Å². The molecule has 0 radical (unpaired) electrons. The third-order valence-corrected chi connectivity index (χ3v) is 5.91. The van der Waals surface area contributed by atoms with Crippen molar-refractivity contribution in [1.82, 2.24) is 16.0 Å². The van der Waals surface area contributed by atoms with Crippen molar-refractivity contribution in [2.75, 3.05) is 40.4 Å². The number of carbonyl (C=O) groups is 2. The van der Waals surface area contributed by atoms with Gasteiger partial charge in [-0.25, -0.2) is 0 Å². The van der Waals surface area contributed by atoms with Crippen molar-refractivity contribution >= 4 is 11.8 Å². The standard InChI is InChI=1S/C27H39N3O4/c1-6-19(2)22(15-21-8-7-9-24(16-21)33-5)17-23(14-20(3)26(31)28-4)27(32)30-11-10-25-18-29-12-13-34-25/h7-9,14,16-17,25,29H,6,10-13,15,18H2,1-5H3,(H,28,31)(H,30,32)/b20-14+,22-19+,23-17+. The van der Waals surface area contributed by atoms with Crippen molar-refractivity contribution in [3.8, 4) is 5.75 Å². The third-order valence-electron chi connectivity index (χ3n) is 5.91. The number of carbonyl (C=O) groups excluding carboxylic acids is 2. The van der Waals surface area contributed by atoms with Crippen LogP contribution in [0.4, 0.5) is 0 Å². The average Bonchev–Trinajstić information content (AvgIpc) is 2.87. The van der Waals surface area contributed by atoms with Gasteiger partial charge in [0.15, 0.2) is 0 Å². The molecule has 186 valence electrons. The number of methoxy groups -OCH3 is 1. The summed E-state index contributed by atoms with van der Waals surface area (Å²) in [5.41, 5.74) is 4.24. The number of nitrogens with one attached hydrogen (secondary N) is 3. The van der Waals surface area contributed by atoms with Crippen molar-refractivity contribution in [3.05, 3.63) is 64.3 Å². The van der Waals surface area contributed by atoms with Gasteiger partial charge in [0.25, 0.3) is 5.91 Å². The molecule has 1 aromatic carbocycles. The third kappa shape index (κ3) is 8.80.